The van der Waals surface area contributed by atoms with Crippen molar-refractivity contribution >= 4 is 87.2 Å². The second-order valence-electron chi connectivity index (χ2n) is 17.8. The zero-order valence-electron chi connectivity index (χ0n) is 35.6. The maximum absolute atomic E-state index is 6.80. The van der Waals surface area contributed by atoms with E-state index in [-0.39, 0.29) is 5.41 Å². The highest BCUT2D eigenvalue weighted by molar-refractivity contribution is 6.22. The van der Waals surface area contributed by atoms with Crippen molar-refractivity contribution in [2.45, 2.75) is 26.2 Å². The minimum atomic E-state index is -0.0158. The van der Waals surface area contributed by atoms with Crippen molar-refractivity contribution in [3.8, 4) is 23.0 Å². The van der Waals surface area contributed by atoms with E-state index in [4.69, 9.17) is 9.72 Å². The Bertz CT molecular complexity index is 4110. The Labute approximate surface area is 368 Å². The third kappa shape index (κ3) is 5.39. The third-order valence-electron chi connectivity index (χ3n) is 13.0. The van der Waals surface area contributed by atoms with E-state index in [9.17, 15) is 0 Å². The minimum absolute atomic E-state index is 0.0158. The van der Waals surface area contributed by atoms with E-state index in [1.807, 2.05) is 12.3 Å². The van der Waals surface area contributed by atoms with Gasteiger partial charge < -0.3 is 9.14 Å². The summed E-state index contributed by atoms with van der Waals surface area (Å²) in [7, 11) is 0. The number of benzene rings is 8. The molecule has 0 unspecified atom stereocenters. The van der Waals surface area contributed by atoms with Gasteiger partial charge in [0, 0.05) is 44.6 Å². The van der Waals surface area contributed by atoms with E-state index in [0.29, 0.717) is 0 Å². The van der Waals surface area contributed by atoms with Gasteiger partial charge >= 0.3 is 0 Å². The fraction of sp³-hybridized carbons (Fsp3) is 0.0690. The van der Waals surface area contributed by atoms with Crippen LogP contribution in [-0.2, 0) is 5.41 Å². The lowest BCUT2D eigenvalue weighted by molar-refractivity contribution is -0.572. The molecule has 64 heavy (non-hydrogen) atoms. The first kappa shape index (κ1) is 36.4. The lowest BCUT2D eigenvalue weighted by atomic mass is 9.88. The van der Waals surface area contributed by atoms with Crippen LogP contribution >= 0.6 is 0 Å². The van der Waals surface area contributed by atoms with Crippen molar-refractivity contribution in [3.63, 3.8) is 0 Å². The first-order valence-corrected chi connectivity index (χ1v) is 21.9. The molecule has 8 aromatic carbocycles. The van der Waals surface area contributed by atoms with E-state index in [0.717, 1.165) is 77.6 Å². The maximum atomic E-state index is 6.80. The van der Waals surface area contributed by atoms with Crippen LogP contribution in [0.1, 0.15) is 26.3 Å². The Kier molecular flexibility index (Phi) is 7.76. The number of para-hydroxylation sites is 6. The fourth-order valence-corrected chi connectivity index (χ4v) is 10.1. The van der Waals surface area contributed by atoms with E-state index < -0.39 is 0 Å². The molecule has 0 aliphatic rings. The monoisotopic (exact) mass is 823 g/mol. The Hall–Kier alpha value is -8.22. The topological polar surface area (TPSA) is 39.8 Å². The van der Waals surface area contributed by atoms with Gasteiger partial charge in [-0.05, 0) is 88.5 Å². The number of aromatic nitrogens is 5. The van der Waals surface area contributed by atoms with Crippen LogP contribution in [0.25, 0.3) is 98.7 Å². The highest BCUT2D eigenvalue weighted by Crippen LogP contribution is 2.39. The second kappa shape index (κ2) is 13.6. The van der Waals surface area contributed by atoms with Gasteiger partial charge in [-0.3, -0.25) is 13.5 Å². The quantitative estimate of drug-likeness (QED) is 0.131. The molecule has 0 fully saturated rings. The van der Waals surface area contributed by atoms with Crippen molar-refractivity contribution in [1.29, 1.82) is 0 Å². The van der Waals surface area contributed by atoms with Crippen LogP contribution in [0, 0.1) is 6.33 Å². The average molecular weight is 824 g/mol. The smallest absolute Gasteiger partial charge is 0.269 e. The largest absolute Gasteiger partial charge is 0.458 e. The van der Waals surface area contributed by atoms with E-state index in [1.165, 1.54) is 38.1 Å². The Balaban J connectivity index is 1.03. The number of rotatable bonds is 4. The number of pyridine rings is 1. The van der Waals surface area contributed by atoms with Gasteiger partial charge in [-0.2, -0.15) is 0 Å². The predicted octanol–water partition coefficient (Wildman–Crippen LogP) is 14.2. The highest BCUT2D eigenvalue weighted by Gasteiger charge is 2.20. The molecule has 5 aromatic heterocycles. The summed E-state index contributed by atoms with van der Waals surface area (Å²) in [6, 6.07) is 67.2. The minimum Gasteiger partial charge on any atom is -0.458 e. The van der Waals surface area contributed by atoms with Crippen LogP contribution in [0.15, 0.2) is 194 Å². The molecular formula is C58H41N5O. The molecule has 5 heterocycles. The summed E-state index contributed by atoms with van der Waals surface area (Å²) in [5.41, 5.74) is 11.0. The summed E-state index contributed by atoms with van der Waals surface area (Å²) < 4.78 is 16.0. The van der Waals surface area contributed by atoms with Crippen LogP contribution in [-0.4, -0.2) is 18.4 Å². The summed E-state index contributed by atoms with van der Waals surface area (Å²) in [6.45, 7) is 6.71. The average Bonchev–Trinajstić information content (AvgIpc) is 3.99. The van der Waals surface area contributed by atoms with Gasteiger partial charge in [-0.15, -0.1) is 0 Å². The van der Waals surface area contributed by atoms with Crippen molar-refractivity contribution in [2.24, 2.45) is 0 Å². The maximum Gasteiger partial charge on any atom is 0.269 e. The van der Waals surface area contributed by atoms with Gasteiger partial charge in [0.25, 0.3) is 6.33 Å². The molecule has 6 heteroatoms. The molecule has 6 nitrogen and oxygen atoms in total. The molecule has 0 saturated carbocycles. The number of ether oxygens (including phenoxy) is 1. The summed E-state index contributed by atoms with van der Waals surface area (Å²) >= 11 is 0. The number of hydrogen-bond acceptors (Lipinski definition) is 2. The van der Waals surface area contributed by atoms with Gasteiger partial charge in [-0.1, -0.05) is 136 Å². The Morgan fingerprint density at radius 2 is 1.02 bits per heavy atom. The van der Waals surface area contributed by atoms with Crippen LogP contribution in [0.5, 0.6) is 11.5 Å². The molecule has 304 valence electrons. The lowest BCUT2D eigenvalue weighted by Gasteiger charge is -2.20. The summed E-state index contributed by atoms with van der Waals surface area (Å²) in [5.74, 6) is 2.36. The molecule has 0 radical (unpaired) electrons. The molecule has 13 aromatic rings. The number of hydrogen-bond donors (Lipinski definition) is 0. The van der Waals surface area contributed by atoms with E-state index in [1.54, 1.807) is 0 Å². The van der Waals surface area contributed by atoms with Crippen LogP contribution in [0.2, 0.25) is 0 Å². The molecular weight excluding hydrogens is 783 g/mol. The molecule has 13 rings (SSSR count). The first-order valence-electron chi connectivity index (χ1n) is 21.9. The second-order valence-corrected chi connectivity index (χ2v) is 17.8. The molecule has 0 saturated heterocycles. The van der Waals surface area contributed by atoms with Gasteiger partial charge in [0.2, 0.25) is 0 Å². The molecule has 0 amide bonds. The zero-order valence-corrected chi connectivity index (χ0v) is 35.6. The van der Waals surface area contributed by atoms with Gasteiger partial charge in [0.05, 0.1) is 49.8 Å². The van der Waals surface area contributed by atoms with Crippen LogP contribution in [0.3, 0.4) is 0 Å². The standard InChI is InChI=1S/C58H41N5O/c1-58(2,3)37-31-32-59-55(33-37)62-50-25-9-5-19-43(50)45-30-29-40(35-54(45)62)64-39-16-12-15-38(34-39)60-36-61-49-24-8-4-17-41(49)42-18-6-10-26-51(42)63-52-27-11-7-20-44(52)46-21-13-22-47(56(46)63)48-23-14-28-53(60)57(48)61/h4-35H,1-3H3. The third-order valence-corrected chi connectivity index (χ3v) is 13.0. The molecule has 0 aliphatic carbocycles. The van der Waals surface area contributed by atoms with Crippen molar-refractivity contribution in [1.82, 2.24) is 18.4 Å². The van der Waals surface area contributed by atoms with Gasteiger partial charge in [0.15, 0.2) is 0 Å². The number of nitrogens with zero attached hydrogens (tertiary/aromatic N) is 5. The Morgan fingerprint density at radius 1 is 0.469 bits per heavy atom. The van der Waals surface area contributed by atoms with Gasteiger partial charge in [0.1, 0.15) is 17.3 Å². The molecule has 0 atom stereocenters. The van der Waals surface area contributed by atoms with Gasteiger partial charge in [-0.25, -0.2) is 4.98 Å². The number of imidazole rings is 1. The van der Waals surface area contributed by atoms with Crippen molar-refractivity contribution < 1.29 is 9.30 Å². The summed E-state index contributed by atoms with van der Waals surface area (Å²) in [4.78, 5) is 4.89. The lowest BCUT2D eigenvalue weighted by Crippen LogP contribution is -2.29. The number of fused-ring (bicyclic) bond motifs is 12. The molecule has 0 bridgehead atoms. The van der Waals surface area contributed by atoms with E-state index >= 15 is 0 Å². The van der Waals surface area contributed by atoms with Crippen LogP contribution < -0.4 is 9.30 Å². The summed E-state index contributed by atoms with van der Waals surface area (Å²) in [6.07, 6.45) is 5.78. The highest BCUT2D eigenvalue weighted by atomic mass is 16.5. The predicted molar refractivity (Wildman–Crippen MR) is 262 cm³/mol. The van der Waals surface area contributed by atoms with Crippen molar-refractivity contribution in [3.05, 3.63) is 206 Å². The first-order chi connectivity index (χ1) is 31.4. The normalized spacial score (nSPS) is 12.3. The SMILES string of the molecule is CC(C)(C)c1ccnc(-n2c3ccccc3c3ccc(Oc4cccc(-[n+]5[c-]n6c7ccccc7c7ccccc7n7c8ccccc8c8cccc(c9cccc5c96)c87)c4)cc32)c1. The molecule has 0 aliphatic heterocycles. The Morgan fingerprint density at radius 3 is 1.75 bits per heavy atom. The molecule has 0 spiro atoms. The molecule has 0 N–H and O–H groups in total. The summed E-state index contributed by atoms with van der Waals surface area (Å²) in [5, 5.41) is 9.36. The van der Waals surface area contributed by atoms with Crippen molar-refractivity contribution in [2.75, 3.05) is 0 Å². The van der Waals surface area contributed by atoms with E-state index in [2.05, 4.69) is 227 Å². The van der Waals surface area contributed by atoms with Crippen LogP contribution in [0.4, 0.5) is 0 Å². The zero-order chi connectivity index (χ0) is 42.7. The fourth-order valence-electron chi connectivity index (χ4n) is 10.1.